The molecule has 5 nitrogen and oxygen atoms in total. The molecule has 0 radical (unpaired) electrons. The number of ether oxygens (including phenoxy) is 1. The minimum atomic E-state index is -1.08. The van der Waals surface area contributed by atoms with Crippen molar-refractivity contribution < 1.29 is 14.6 Å². The van der Waals surface area contributed by atoms with Gasteiger partial charge in [-0.2, -0.15) is 0 Å². The van der Waals surface area contributed by atoms with Crippen LogP contribution in [0.4, 0.5) is 9.93 Å². The molecule has 1 amide bonds. The molecule has 1 saturated heterocycles. The van der Waals surface area contributed by atoms with Crippen molar-refractivity contribution in [2.45, 2.75) is 18.9 Å². The molecule has 0 saturated carbocycles. The molecule has 1 atom stereocenters. The SMILES string of the molecule is O=C(O)Nc1nc(C2CCCO2)cs1. The Bertz CT molecular complexity index is 333. The number of carbonyl (C=O) groups is 1. The van der Waals surface area contributed by atoms with Crippen molar-refractivity contribution >= 4 is 22.6 Å². The average Bonchev–Trinajstić information content (AvgIpc) is 2.69. The number of amides is 1. The predicted molar refractivity (Wildman–Crippen MR) is 51.7 cm³/mol. The number of carboxylic acid groups (broad SMARTS) is 1. The average molecular weight is 214 g/mol. The zero-order chi connectivity index (χ0) is 9.97. The molecule has 0 bridgehead atoms. The van der Waals surface area contributed by atoms with Crippen LogP contribution in [0.5, 0.6) is 0 Å². The highest BCUT2D eigenvalue weighted by molar-refractivity contribution is 7.13. The summed E-state index contributed by atoms with van der Waals surface area (Å²) >= 11 is 1.28. The van der Waals surface area contributed by atoms with Gasteiger partial charge in [0.1, 0.15) is 6.10 Å². The fourth-order valence-corrected chi connectivity index (χ4v) is 2.14. The number of anilines is 1. The molecule has 6 heteroatoms. The van der Waals surface area contributed by atoms with Crippen molar-refractivity contribution in [3.05, 3.63) is 11.1 Å². The van der Waals surface area contributed by atoms with E-state index in [9.17, 15) is 4.79 Å². The molecule has 1 aromatic rings. The Labute approximate surface area is 84.7 Å². The van der Waals surface area contributed by atoms with E-state index in [-0.39, 0.29) is 6.10 Å². The van der Waals surface area contributed by atoms with Gasteiger partial charge in [-0.3, -0.25) is 5.32 Å². The fraction of sp³-hybridized carbons (Fsp3) is 0.500. The molecule has 0 aliphatic carbocycles. The molecular weight excluding hydrogens is 204 g/mol. The maximum Gasteiger partial charge on any atom is 0.410 e. The van der Waals surface area contributed by atoms with Gasteiger partial charge in [0.15, 0.2) is 5.13 Å². The van der Waals surface area contributed by atoms with Crippen molar-refractivity contribution in [3.8, 4) is 0 Å². The highest BCUT2D eigenvalue weighted by Gasteiger charge is 2.20. The minimum absolute atomic E-state index is 0.0515. The first kappa shape index (κ1) is 9.42. The van der Waals surface area contributed by atoms with E-state index in [4.69, 9.17) is 9.84 Å². The van der Waals surface area contributed by atoms with Gasteiger partial charge in [-0.15, -0.1) is 11.3 Å². The number of hydrogen-bond acceptors (Lipinski definition) is 4. The van der Waals surface area contributed by atoms with Crippen LogP contribution in [-0.2, 0) is 4.74 Å². The second-order valence-electron chi connectivity index (χ2n) is 3.01. The molecule has 2 N–H and O–H groups in total. The Hall–Kier alpha value is -1.14. The van der Waals surface area contributed by atoms with Gasteiger partial charge in [-0.1, -0.05) is 0 Å². The third-order valence-electron chi connectivity index (χ3n) is 2.00. The van der Waals surface area contributed by atoms with Crippen LogP contribution in [0.15, 0.2) is 5.38 Å². The molecule has 1 fully saturated rings. The van der Waals surface area contributed by atoms with Crippen LogP contribution in [0.2, 0.25) is 0 Å². The van der Waals surface area contributed by atoms with Gasteiger partial charge in [-0.25, -0.2) is 9.78 Å². The number of rotatable bonds is 2. The predicted octanol–water partition coefficient (Wildman–Crippen LogP) is 2.08. The Kier molecular flexibility index (Phi) is 2.64. The van der Waals surface area contributed by atoms with E-state index in [1.165, 1.54) is 11.3 Å². The van der Waals surface area contributed by atoms with Crippen LogP contribution < -0.4 is 5.32 Å². The normalized spacial score (nSPS) is 21.0. The van der Waals surface area contributed by atoms with E-state index in [0.29, 0.717) is 5.13 Å². The van der Waals surface area contributed by atoms with E-state index in [0.717, 1.165) is 25.1 Å². The molecule has 76 valence electrons. The molecule has 1 unspecified atom stereocenters. The lowest BCUT2D eigenvalue weighted by Gasteiger charge is -2.03. The topological polar surface area (TPSA) is 71.5 Å². The summed E-state index contributed by atoms with van der Waals surface area (Å²) in [7, 11) is 0. The Balaban J connectivity index is 2.05. The van der Waals surface area contributed by atoms with Gasteiger partial charge < -0.3 is 9.84 Å². The number of hydrogen-bond donors (Lipinski definition) is 2. The smallest absolute Gasteiger partial charge is 0.410 e. The van der Waals surface area contributed by atoms with Gasteiger partial charge in [0, 0.05) is 12.0 Å². The summed E-state index contributed by atoms with van der Waals surface area (Å²) in [6, 6.07) is 0. The standard InChI is InChI=1S/C8H10N2O3S/c11-8(12)10-7-9-5(4-14-7)6-2-1-3-13-6/h4,6H,1-3H2,(H,9,10)(H,11,12). The first-order chi connectivity index (χ1) is 6.75. The van der Waals surface area contributed by atoms with Crippen LogP contribution in [-0.4, -0.2) is 22.8 Å². The first-order valence-electron chi connectivity index (χ1n) is 4.32. The van der Waals surface area contributed by atoms with Crippen molar-refractivity contribution in [1.82, 2.24) is 4.98 Å². The molecule has 1 aliphatic rings. The molecule has 0 spiro atoms. The number of thiazole rings is 1. The summed E-state index contributed by atoms with van der Waals surface area (Å²) in [5.74, 6) is 0. The summed E-state index contributed by atoms with van der Waals surface area (Å²) in [4.78, 5) is 14.5. The van der Waals surface area contributed by atoms with E-state index in [2.05, 4.69) is 10.3 Å². The molecule has 2 heterocycles. The van der Waals surface area contributed by atoms with Crippen LogP contribution in [0.3, 0.4) is 0 Å². The second kappa shape index (κ2) is 3.93. The van der Waals surface area contributed by atoms with Crippen LogP contribution in [0.1, 0.15) is 24.6 Å². The van der Waals surface area contributed by atoms with Crippen molar-refractivity contribution in [2.24, 2.45) is 0 Å². The zero-order valence-corrected chi connectivity index (χ0v) is 8.21. The van der Waals surface area contributed by atoms with Gasteiger partial charge >= 0.3 is 6.09 Å². The number of aromatic nitrogens is 1. The van der Waals surface area contributed by atoms with Gasteiger partial charge in [-0.05, 0) is 12.8 Å². The van der Waals surface area contributed by atoms with Gasteiger partial charge in [0.2, 0.25) is 0 Å². The third-order valence-corrected chi connectivity index (χ3v) is 2.77. The van der Waals surface area contributed by atoms with Crippen LogP contribution in [0.25, 0.3) is 0 Å². The van der Waals surface area contributed by atoms with Crippen LogP contribution >= 0.6 is 11.3 Å². The van der Waals surface area contributed by atoms with E-state index in [1.54, 1.807) is 0 Å². The number of nitrogens with zero attached hydrogens (tertiary/aromatic N) is 1. The fourth-order valence-electron chi connectivity index (χ4n) is 1.39. The maximum absolute atomic E-state index is 10.3. The lowest BCUT2D eigenvalue weighted by molar-refractivity contribution is 0.109. The van der Waals surface area contributed by atoms with E-state index < -0.39 is 6.09 Å². The van der Waals surface area contributed by atoms with E-state index in [1.807, 2.05) is 5.38 Å². The summed E-state index contributed by atoms with van der Waals surface area (Å²) < 4.78 is 5.43. The Morgan fingerprint density at radius 3 is 3.29 bits per heavy atom. The third kappa shape index (κ3) is 2.02. The first-order valence-corrected chi connectivity index (χ1v) is 5.20. The Morgan fingerprint density at radius 1 is 1.79 bits per heavy atom. The largest absolute Gasteiger partial charge is 0.465 e. The molecular formula is C8H10N2O3S. The second-order valence-corrected chi connectivity index (χ2v) is 3.87. The lowest BCUT2D eigenvalue weighted by atomic mass is 10.2. The quantitative estimate of drug-likeness (QED) is 0.790. The van der Waals surface area contributed by atoms with Crippen LogP contribution in [0, 0.1) is 0 Å². The number of nitrogens with one attached hydrogen (secondary N) is 1. The lowest BCUT2D eigenvalue weighted by Crippen LogP contribution is -2.07. The summed E-state index contributed by atoms with van der Waals surface area (Å²) in [5.41, 5.74) is 0.830. The molecule has 14 heavy (non-hydrogen) atoms. The van der Waals surface area contributed by atoms with Crippen molar-refractivity contribution in [1.29, 1.82) is 0 Å². The Morgan fingerprint density at radius 2 is 2.64 bits per heavy atom. The molecule has 0 aromatic carbocycles. The van der Waals surface area contributed by atoms with Gasteiger partial charge in [0.25, 0.3) is 0 Å². The van der Waals surface area contributed by atoms with Crippen molar-refractivity contribution in [2.75, 3.05) is 11.9 Å². The van der Waals surface area contributed by atoms with Gasteiger partial charge in [0.05, 0.1) is 5.69 Å². The maximum atomic E-state index is 10.3. The summed E-state index contributed by atoms with van der Waals surface area (Å²) in [5, 5.41) is 12.9. The molecule has 1 aliphatic heterocycles. The highest BCUT2D eigenvalue weighted by Crippen LogP contribution is 2.30. The highest BCUT2D eigenvalue weighted by atomic mass is 32.1. The summed E-state index contributed by atoms with van der Waals surface area (Å²) in [6.07, 6.45) is 0.981. The minimum Gasteiger partial charge on any atom is -0.465 e. The zero-order valence-electron chi connectivity index (χ0n) is 7.40. The monoisotopic (exact) mass is 214 g/mol. The molecule has 2 rings (SSSR count). The molecule has 1 aromatic heterocycles. The van der Waals surface area contributed by atoms with E-state index >= 15 is 0 Å². The van der Waals surface area contributed by atoms with Crippen molar-refractivity contribution in [3.63, 3.8) is 0 Å². The summed E-state index contributed by atoms with van der Waals surface area (Å²) in [6.45, 7) is 0.768.